The van der Waals surface area contributed by atoms with Crippen molar-refractivity contribution in [1.29, 1.82) is 0 Å². The van der Waals surface area contributed by atoms with Crippen LogP contribution in [0.4, 0.5) is 0 Å². The van der Waals surface area contributed by atoms with E-state index in [-0.39, 0.29) is 6.10 Å². The highest BCUT2D eigenvalue weighted by atomic mass is 16.3. The summed E-state index contributed by atoms with van der Waals surface area (Å²) in [5.41, 5.74) is 0. The van der Waals surface area contributed by atoms with Gasteiger partial charge < -0.3 is 5.11 Å². The Labute approximate surface area is 51.0 Å². The van der Waals surface area contributed by atoms with E-state index >= 15 is 0 Å². The van der Waals surface area contributed by atoms with Crippen LogP contribution in [0, 0.1) is 0 Å². The Morgan fingerprint density at radius 1 is 1.75 bits per heavy atom. The fourth-order valence-electron chi connectivity index (χ4n) is 0.643. The van der Waals surface area contributed by atoms with Crippen LogP contribution >= 0.6 is 0 Å². The monoisotopic (exact) mass is 114 g/mol. The average molecular weight is 114 g/mol. The van der Waals surface area contributed by atoms with Crippen molar-refractivity contribution in [1.82, 2.24) is 0 Å². The van der Waals surface area contributed by atoms with Crippen LogP contribution in [0.3, 0.4) is 0 Å². The highest BCUT2D eigenvalue weighted by Gasteiger charge is 1.96. The smallest absolute Gasteiger partial charge is 0.0574 e. The predicted molar refractivity (Wildman–Crippen MR) is 35.7 cm³/mol. The molecule has 1 heteroatoms. The molecule has 0 unspecified atom stereocenters. The first-order chi connectivity index (χ1) is 3.81. The van der Waals surface area contributed by atoms with Gasteiger partial charge in [-0.2, -0.15) is 0 Å². The molecular formula is C7H14O. The Morgan fingerprint density at radius 2 is 2.38 bits per heavy atom. The van der Waals surface area contributed by atoms with Crippen molar-refractivity contribution in [2.75, 3.05) is 0 Å². The van der Waals surface area contributed by atoms with E-state index in [9.17, 15) is 0 Å². The second-order valence-electron chi connectivity index (χ2n) is 1.97. The van der Waals surface area contributed by atoms with Gasteiger partial charge in [-0.1, -0.05) is 19.4 Å². The number of aliphatic hydroxyl groups excluding tert-OH is 1. The molecule has 0 bridgehead atoms. The molecule has 0 aliphatic heterocycles. The lowest BCUT2D eigenvalue weighted by atomic mass is 10.1. The molecule has 0 aliphatic carbocycles. The van der Waals surface area contributed by atoms with Crippen LogP contribution in [0.2, 0.25) is 0 Å². The van der Waals surface area contributed by atoms with Gasteiger partial charge in [0.25, 0.3) is 0 Å². The molecule has 0 saturated carbocycles. The lowest BCUT2D eigenvalue weighted by molar-refractivity contribution is 0.167. The molecule has 0 heterocycles. The van der Waals surface area contributed by atoms with Crippen molar-refractivity contribution in [3.05, 3.63) is 12.7 Å². The zero-order valence-corrected chi connectivity index (χ0v) is 5.43. The maximum Gasteiger partial charge on any atom is 0.0574 e. The van der Waals surface area contributed by atoms with Crippen LogP contribution in [-0.4, -0.2) is 11.2 Å². The van der Waals surface area contributed by atoms with Gasteiger partial charge in [0.2, 0.25) is 0 Å². The van der Waals surface area contributed by atoms with Crippen LogP contribution in [0.5, 0.6) is 0 Å². The van der Waals surface area contributed by atoms with E-state index in [4.69, 9.17) is 5.11 Å². The summed E-state index contributed by atoms with van der Waals surface area (Å²) in [5, 5.41) is 8.98. The fraction of sp³-hybridized carbons (Fsp3) is 0.714. The Morgan fingerprint density at radius 3 is 2.75 bits per heavy atom. The van der Waals surface area contributed by atoms with Crippen LogP contribution < -0.4 is 0 Å². The first-order valence-electron chi connectivity index (χ1n) is 3.10. The van der Waals surface area contributed by atoms with E-state index in [2.05, 4.69) is 13.5 Å². The normalized spacial score (nSPS) is 13.2. The van der Waals surface area contributed by atoms with E-state index in [1.807, 2.05) is 0 Å². The number of hydrogen-bond acceptors (Lipinski definition) is 1. The van der Waals surface area contributed by atoms with E-state index in [0.717, 1.165) is 19.3 Å². The standard InChI is InChI=1S/C7H14O/c1-3-5-7(8)6-4-2/h3,7-8H,1,4-6H2,2H3/t7-/m1/s1. The van der Waals surface area contributed by atoms with E-state index in [1.165, 1.54) is 0 Å². The molecule has 1 N–H and O–H groups in total. The molecule has 0 amide bonds. The Hall–Kier alpha value is -0.300. The minimum atomic E-state index is -0.155. The maximum absolute atomic E-state index is 8.98. The summed E-state index contributed by atoms with van der Waals surface area (Å²) in [5.74, 6) is 0. The highest BCUT2D eigenvalue weighted by Crippen LogP contribution is 1.99. The quantitative estimate of drug-likeness (QED) is 0.552. The predicted octanol–water partition coefficient (Wildman–Crippen LogP) is 1.72. The number of hydrogen-bond donors (Lipinski definition) is 1. The Bertz CT molecular complexity index is 59.4. The van der Waals surface area contributed by atoms with Gasteiger partial charge in [0.05, 0.1) is 6.10 Å². The highest BCUT2D eigenvalue weighted by molar-refractivity contribution is 4.71. The fourth-order valence-corrected chi connectivity index (χ4v) is 0.643. The summed E-state index contributed by atoms with van der Waals surface area (Å²) in [6.45, 7) is 5.58. The van der Waals surface area contributed by atoms with Crippen LogP contribution in [-0.2, 0) is 0 Å². The summed E-state index contributed by atoms with van der Waals surface area (Å²) in [6, 6.07) is 0. The first-order valence-corrected chi connectivity index (χ1v) is 3.10. The third-order valence-corrected chi connectivity index (χ3v) is 1.06. The van der Waals surface area contributed by atoms with Crippen LogP contribution in [0.25, 0.3) is 0 Å². The van der Waals surface area contributed by atoms with Gasteiger partial charge in [0.15, 0.2) is 0 Å². The largest absolute Gasteiger partial charge is 0.393 e. The van der Waals surface area contributed by atoms with Crippen LogP contribution in [0.15, 0.2) is 12.7 Å². The summed E-state index contributed by atoms with van der Waals surface area (Å²) in [6.07, 6.45) is 4.27. The van der Waals surface area contributed by atoms with Crippen molar-refractivity contribution in [3.63, 3.8) is 0 Å². The number of rotatable bonds is 4. The third-order valence-electron chi connectivity index (χ3n) is 1.06. The van der Waals surface area contributed by atoms with Crippen molar-refractivity contribution in [2.45, 2.75) is 32.3 Å². The van der Waals surface area contributed by atoms with E-state index in [1.54, 1.807) is 6.08 Å². The molecule has 0 radical (unpaired) electrons. The van der Waals surface area contributed by atoms with Gasteiger partial charge in [0.1, 0.15) is 0 Å². The molecule has 1 nitrogen and oxygen atoms in total. The van der Waals surface area contributed by atoms with Crippen LogP contribution in [0.1, 0.15) is 26.2 Å². The average Bonchev–Trinajstić information content (AvgIpc) is 1.68. The van der Waals surface area contributed by atoms with Gasteiger partial charge in [-0.05, 0) is 12.8 Å². The zero-order valence-electron chi connectivity index (χ0n) is 5.43. The second kappa shape index (κ2) is 4.85. The third kappa shape index (κ3) is 3.88. The topological polar surface area (TPSA) is 20.2 Å². The minimum absolute atomic E-state index is 0.155. The number of aliphatic hydroxyl groups is 1. The van der Waals surface area contributed by atoms with Gasteiger partial charge in [-0.15, -0.1) is 6.58 Å². The lowest BCUT2D eigenvalue weighted by Gasteiger charge is -2.02. The molecule has 0 aromatic carbocycles. The summed E-state index contributed by atoms with van der Waals surface area (Å²) < 4.78 is 0. The zero-order chi connectivity index (χ0) is 6.41. The molecule has 0 aromatic heterocycles. The second-order valence-corrected chi connectivity index (χ2v) is 1.97. The summed E-state index contributed by atoms with van der Waals surface area (Å²) in [7, 11) is 0. The molecule has 8 heavy (non-hydrogen) atoms. The van der Waals surface area contributed by atoms with Gasteiger partial charge in [0, 0.05) is 0 Å². The lowest BCUT2D eigenvalue weighted by Crippen LogP contribution is -2.02. The van der Waals surface area contributed by atoms with Crippen molar-refractivity contribution < 1.29 is 5.11 Å². The molecule has 0 fully saturated rings. The Kier molecular flexibility index (Phi) is 4.67. The maximum atomic E-state index is 8.98. The first kappa shape index (κ1) is 7.70. The molecule has 0 aromatic rings. The Balaban J connectivity index is 3.03. The van der Waals surface area contributed by atoms with Gasteiger partial charge >= 0.3 is 0 Å². The SMILES string of the molecule is C=CC[C@@H](O)CCC. The van der Waals surface area contributed by atoms with E-state index in [0.29, 0.717) is 0 Å². The van der Waals surface area contributed by atoms with Gasteiger partial charge in [-0.25, -0.2) is 0 Å². The molecule has 0 saturated heterocycles. The molecular weight excluding hydrogens is 100 g/mol. The summed E-state index contributed by atoms with van der Waals surface area (Å²) >= 11 is 0. The molecule has 0 spiro atoms. The molecule has 0 rings (SSSR count). The van der Waals surface area contributed by atoms with Gasteiger partial charge in [-0.3, -0.25) is 0 Å². The molecule has 1 atom stereocenters. The van der Waals surface area contributed by atoms with Crippen molar-refractivity contribution >= 4 is 0 Å². The molecule has 0 aliphatic rings. The van der Waals surface area contributed by atoms with Crippen molar-refractivity contribution in [3.8, 4) is 0 Å². The van der Waals surface area contributed by atoms with E-state index < -0.39 is 0 Å². The minimum Gasteiger partial charge on any atom is -0.393 e. The van der Waals surface area contributed by atoms with Crippen molar-refractivity contribution in [2.24, 2.45) is 0 Å². The summed E-state index contributed by atoms with van der Waals surface area (Å²) in [4.78, 5) is 0. The molecule has 48 valence electrons.